The third kappa shape index (κ3) is 3.64. The highest BCUT2D eigenvalue weighted by molar-refractivity contribution is 5.93. The van der Waals surface area contributed by atoms with Crippen molar-refractivity contribution in [2.24, 2.45) is 0 Å². The standard InChI is InChI=1S/C19H13F4N3O2/c1-10(19(28)24-18-16(22)12(20)9-13(21)17(18)23)26-15(27)8-7-14(25-26)11-5-3-2-4-6-11/h2-10H,1H3,(H,24,28)/t10-/m1/s1. The minimum atomic E-state index is -1.75. The van der Waals surface area contributed by atoms with Crippen molar-refractivity contribution in [3.63, 3.8) is 0 Å². The number of carbonyl (C=O) groups is 1. The number of amides is 1. The fourth-order valence-electron chi connectivity index (χ4n) is 2.49. The summed E-state index contributed by atoms with van der Waals surface area (Å²) < 4.78 is 54.9. The first kappa shape index (κ1) is 19.3. The highest BCUT2D eigenvalue weighted by Crippen LogP contribution is 2.25. The molecule has 0 saturated heterocycles. The van der Waals surface area contributed by atoms with E-state index in [2.05, 4.69) is 5.10 Å². The Morgan fingerprint density at radius 1 is 1.00 bits per heavy atom. The second kappa shape index (κ2) is 7.63. The predicted molar refractivity (Wildman–Crippen MR) is 93.5 cm³/mol. The number of nitrogens with one attached hydrogen (secondary N) is 1. The van der Waals surface area contributed by atoms with Gasteiger partial charge >= 0.3 is 0 Å². The van der Waals surface area contributed by atoms with Crippen molar-refractivity contribution in [3.05, 3.63) is 82.2 Å². The van der Waals surface area contributed by atoms with Gasteiger partial charge in [0, 0.05) is 17.7 Å². The Morgan fingerprint density at radius 3 is 2.21 bits per heavy atom. The van der Waals surface area contributed by atoms with Gasteiger partial charge in [0.25, 0.3) is 5.56 Å². The molecule has 5 nitrogen and oxygen atoms in total. The van der Waals surface area contributed by atoms with Crippen LogP contribution in [-0.4, -0.2) is 15.7 Å². The Kier molecular flexibility index (Phi) is 5.25. The molecule has 1 atom stereocenters. The van der Waals surface area contributed by atoms with Crippen LogP contribution in [0.4, 0.5) is 23.2 Å². The molecule has 1 N–H and O–H groups in total. The van der Waals surface area contributed by atoms with Crippen LogP contribution in [0.2, 0.25) is 0 Å². The van der Waals surface area contributed by atoms with Crippen LogP contribution >= 0.6 is 0 Å². The highest BCUT2D eigenvalue weighted by atomic mass is 19.2. The number of hydrogen-bond acceptors (Lipinski definition) is 3. The highest BCUT2D eigenvalue weighted by Gasteiger charge is 2.24. The quantitative estimate of drug-likeness (QED) is 0.545. The number of aromatic nitrogens is 2. The van der Waals surface area contributed by atoms with Crippen molar-refractivity contribution in [2.75, 3.05) is 5.32 Å². The molecule has 0 radical (unpaired) electrons. The van der Waals surface area contributed by atoms with Crippen LogP contribution in [0.1, 0.15) is 13.0 Å². The molecule has 0 aliphatic carbocycles. The monoisotopic (exact) mass is 391 g/mol. The summed E-state index contributed by atoms with van der Waals surface area (Å²) in [7, 11) is 0. The van der Waals surface area contributed by atoms with E-state index in [4.69, 9.17) is 0 Å². The van der Waals surface area contributed by atoms with E-state index < -0.39 is 46.5 Å². The van der Waals surface area contributed by atoms with Crippen LogP contribution < -0.4 is 10.9 Å². The lowest BCUT2D eigenvalue weighted by atomic mass is 10.1. The molecular formula is C19H13F4N3O2. The zero-order chi connectivity index (χ0) is 20.4. The maximum absolute atomic E-state index is 13.8. The van der Waals surface area contributed by atoms with Gasteiger partial charge in [0.15, 0.2) is 23.3 Å². The fraction of sp³-hybridized carbons (Fsp3) is 0.105. The Labute approximate surface area is 156 Å². The molecule has 0 spiro atoms. The van der Waals surface area contributed by atoms with Crippen LogP contribution in [0.5, 0.6) is 0 Å². The Hall–Kier alpha value is -3.49. The molecule has 3 rings (SSSR count). The Balaban J connectivity index is 1.94. The van der Waals surface area contributed by atoms with E-state index in [-0.39, 0.29) is 6.07 Å². The summed E-state index contributed by atoms with van der Waals surface area (Å²) in [5.41, 5.74) is -0.863. The van der Waals surface area contributed by atoms with E-state index in [9.17, 15) is 27.2 Å². The first-order chi connectivity index (χ1) is 13.3. The molecule has 0 fully saturated rings. The molecule has 0 unspecified atom stereocenters. The number of nitrogens with zero attached hydrogens (tertiary/aromatic N) is 2. The SMILES string of the molecule is C[C@H](C(=O)Nc1c(F)c(F)cc(F)c1F)n1nc(-c2ccccc2)ccc1=O. The molecule has 28 heavy (non-hydrogen) atoms. The number of hydrogen-bond donors (Lipinski definition) is 1. The molecule has 144 valence electrons. The van der Waals surface area contributed by atoms with Gasteiger partial charge in [-0.2, -0.15) is 5.10 Å². The van der Waals surface area contributed by atoms with Gasteiger partial charge < -0.3 is 5.32 Å². The van der Waals surface area contributed by atoms with Gasteiger partial charge in [0.1, 0.15) is 11.7 Å². The average Bonchev–Trinajstić information content (AvgIpc) is 2.70. The summed E-state index contributed by atoms with van der Waals surface area (Å²) in [5, 5.41) is 5.87. The second-order valence-corrected chi connectivity index (χ2v) is 5.88. The lowest BCUT2D eigenvalue weighted by molar-refractivity contribution is -0.119. The van der Waals surface area contributed by atoms with Crippen molar-refractivity contribution in [3.8, 4) is 11.3 Å². The molecular weight excluding hydrogens is 378 g/mol. The number of carbonyl (C=O) groups excluding carboxylic acids is 1. The van der Waals surface area contributed by atoms with Crippen LogP contribution in [0.15, 0.2) is 53.3 Å². The lowest BCUT2D eigenvalue weighted by Crippen LogP contribution is -2.33. The molecule has 3 aromatic rings. The summed E-state index contributed by atoms with van der Waals surface area (Å²) in [6.07, 6.45) is 0. The molecule has 1 aromatic heterocycles. The molecule has 1 heterocycles. The van der Waals surface area contributed by atoms with Gasteiger partial charge in [0.2, 0.25) is 5.91 Å². The van der Waals surface area contributed by atoms with E-state index in [1.807, 2.05) is 0 Å². The molecule has 0 aliphatic heterocycles. The normalized spacial score (nSPS) is 11.9. The average molecular weight is 391 g/mol. The van der Waals surface area contributed by atoms with Crippen LogP contribution in [0.3, 0.4) is 0 Å². The number of anilines is 1. The fourth-order valence-corrected chi connectivity index (χ4v) is 2.49. The molecule has 0 bridgehead atoms. The maximum Gasteiger partial charge on any atom is 0.267 e. The number of rotatable bonds is 4. The van der Waals surface area contributed by atoms with Crippen molar-refractivity contribution < 1.29 is 22.4 Å². The third-order valence-corrected chi connectivity index (χ3v) is 4.00. The van der Waals surface area contributed by atoms with Crippen LogP contribution in [0, 0.1) is 23.3 Å². The van der Waals surface area contributed by atoms with Gasteiger partial charge in [-0.3, -0.25) is 9.59 Å². The molecule has 9 heteroatoms. The summed E-state index contributed by atoms with van der Waals surface area (Å²) in [6, 6.07) is 10.1. The smallest absolute Gasteiger partial charge is 0.267 e. The lowest BCUT2D eigenvalue weighted by Gasteiger charge is -2.16. The minimum absolute atomic E-state index is 0.0269. The second-order valence-electron chi connectivity index (χ2n) is 5.88. The van der Waals surface area contributed by atoms with Gasteiger partial charge in [-0.15, -0.1) is 0 Å². The van der Waals surface area contributed by atoms with Crippen molar-refractivity contribution in [2.45, 2.75) is 13.0 Å². The number of benzene rings is 2. The Morgan fingerprint density at radius 2 is 1.61 bits per heavy atom. The number of halogens is 4. The van der Waals surface area contributed by atoms with Gasteiger partial charge in [-0.1, -0.05) is 30.3 Å². The van der Waals surface area contributed by atoms with Gasteiger partial charge in [-0.05, 0) is 13.0 Å². The zero-order valence-electron chi connectivity index (χ0n) is 14.4. The van der Waals surface area contributed by atoms with Gasteiger partial charge in [0.05, 0.1) is 5.69 Å². The third-order valence-electron chi connectivity index (χ3n) is 4.00. The predicted octanol–water partition coefficient (Wildman–Crippen LogP) is 3.67. The summed E-state index contributed by atoms with van der Waals surface area (Å²) in [6.45, 7) is 1.25. The van der Waals surface area contributed by atoms with E-state index in [0.717, 1.165) is 4.68 Å². The van der Waals surface area contributed by atoms with E-state index in [1.165, 1.54) is 19.1 Å². The van der Waals surface area contributed by atoms with Gasteiger partial charge in [-0.25, -0.2) is 22.2 Å². The molecule has 2 aromatic carbocycles. The van der Waals surface area contributed by atoms with Crippen molar-refractivity contribution in [1.29, 1.82) is 0 Å². The maximum atomic E-state index is 13.8. The molecule has 0 saturated carbocycles. The van der Waals surface area contributed by atoms with Crippen LogP contribution in [-0.2, 0) is 4.79 Å². The molecule has 1 amide bonds. The van der Waals surface area contributed by atoms with Crippen molar-refractivity contribution >= 4 is 11.6 Å². The zero-order valence-corrected chi connectivity index (χ0v) is 14.4. The van der Waals surface area contributed by atoms with E-state index in [0.29, 0.717) is 11.3 Å². The minimum Gasteiger partial charge on any atom is -0.319 e. The largest absolute Gasteiger partial charge is 0.319 e. The first-order valence-corrected chi connectivity index (χ1v) is 8.08. The topological polar surface area (TPSA) is 64.0 Å². The summed E-state index contributed by atoms with van der Waals surface area (Å²) >= 11 is 0. The van der Waals surface area contributed by atoms with E-state index >= 15 is 0 Å². The summed E-state index contributed by atoms with van der Waals surface area (Å²) in [4.78, 5) is 24.4. The first-order valence-electron chi connectivity index (χ1n) is 8.08. The van der Waals surface area contributed by atoms with E-state index in [1.54, 1.807) is 35.6 Å². The Bertz CT molecular complexity index is 1070. The van der Waals surface area contributed by atoms with Crippen molar-refractivity contribution in [1.82, 2.24) is 9.78 Å². The summed E-state index contributed by atoms with van der Waals surface area (Å²) in [5.74, 6) is -7.91. The molecule has 0 aliphatic rings. The van der Waals surface area contributed by atoms with Crippen LogP contribution in [0.25, 0.3) is 11.3 Å².